The Balaban J connectivity index is 2.06. The summed E-state index contributed by atoms with van der Waals surface area (Å²) in [6, 6.07) is 5.16. The Morgan fingerprint density at radius 1 is 0.938 bits per heavy atom. The molecule has 0 bridgehead atoms. The molecule has 2 rings (SSSR count). The minimum absolute atomic E-state index is 0.142. The van der Waals surface area contributed by atoms with Crippen LogP contribution in [-0.4, -0.2) is 62.1 Å². The number of aromatic hydroxyl groups is 5. The van der Waals surface area contributed by atoms with Gasteiger partial charge in [0.25, 0.3) is 5.91 Å². The predicted molar refractivity (Wildman–Crippen MR) is 115 cm³/mol. The fourth-order valence-corrected chi connectivity index (χ4v) is 2.67. The van der Waals surface area contributed by atoms with Gasteiger partial charge in [0.1, 0.15) is 6.04 Å². The van der Waals surface area contributed by atoms with E-state index in [-0.39, 0.29) is 30.2 Å². The largest absolute Gasteiger partial charge is 0.504 e. The molecule has 0 fully saturated rings. The van der Waals surface area contributed by atoms with Crippen molar-refractivity contribution >= 4 is 11.8 Å². The van der Waals surface area contributed by atoms with Crippen molar-refractivity contribution in [3.63, 3.8) is 0 Å². The molecule has 2 aromatic rings. The number of hydrogen-bond acceptors (Lipinski definition) is 8. The van der Waals surface area contributed by atoms with E-state index in [9.17, 15) is 35.1 Å². The van der Waals surface area contributed by atoms with Crippen LogP contribution < -0.4 is 10.6 Å². The number of hydrogen-bond donors (Lipinski definition) is 7. The molecule has 0 heterocycles. The van der Waals surface area contributed by atoms with Gasteiger partial charge in [-0.2, -0.15) is 0 Å². The maximum Gasteiger partial charge on any atom is 0.252 e. The van der Waals surface area contributed by atoms with Gasteiger partial charge in [-0.15, -0.1) is 0 Å². The molecule has 0 saturated heterocycles. The monoisotopic (exact) mass is 448 g/mol. The zero-order chi connectivity index (χ0) is 24.1. The Labute approximate surface area is 185 Å². The van der Waals surface area contributed by atoms with Crippen LogP contribution in [-0.2, 0) is 16.0 Å². The molecule has 32 heavy (non-hydrogen) atoms. The lowest BCUT2D eigenvalue weighted by atomic mass is 10.1. The van der Waals surface area contributed by atoms with E-state index in [2.05, 4.69) is 10.6 Å². The Morgan fingerprint density at radius 2 is 1.56 bits per heavy atom. The van der Waals surface area contributed by atoms with Gasteiger partial charge < -0.3 is 40.9 Å². The van der Waals surface area contributed by atoms with Crippen molar-refractivity contribution < 1.29 is 39.9 Å². The Kier molecular flexibility index (Phi) is 7.77. The lowest BCUT2D eigenvalue weighted by Crippen LogP contribution is -2.50. The van der Waals surface area contributed by atoms with Gasteiger partial charge in [-0.3, -0.25) is 9.59 Å². The van der Waals surface area contributed by atoms with Gasteiger partial charge in [-0.05, 0) is 57.0 Å². The van der Waals surface area contributed by atoms with Crippen molar-refractivity contribution in [2.45, 2.75) is 38.8 Å². The SMILES string of the molecule is CC(C)(C)OC[C@H](NC(=O)c1cc(O)c(O)c(O)c1)C(=O)NCCc1ccc(O)c(O)c1. The first kappa shape index (κ1) is 24.6. The van der Waals surface area contributed by atoms with Gasteiger partial charge >= 0.3 is 0 Å². The minimum atomic E-state index is -1.09. The number of amides is 2. The van der Waals surface area contributed by atoms with Gasteiger partial charge in [0, 0.05) is 12.1 Å². The summed E-state index contributed by atoms with van der Waals surface area (Å²) >= 11 is 0. The average Bonchev–Trinajstić information content (AvgIpc) is 2.70. The zero-order valence-electron chi connectivity index (χ0n) is 18.0. The second-order valence-corrected chi connectivity index (χ2v) is 8.18. The maximum atomic E-state index is 12.7. The molecule has 0 aliphatic carbocycles. The standard InChI is InChI=1S/C22H28N2O8/c1-22(2,3)32-11-14(24-20(30)13-9-17(27)19(29)18(28)10-13)21(31)23-7-6-12-4-5-15(25)16(26)8-12/h4-5,8-10,14,25-29H,6-7,11H2,1-3H3,(H,23,31)(H,24,30)/t14-/m0/s1. The molecule has 0 unspecified atom stereocenters. The molecule has 2 aromatic carbocycles. The van der Waals surface area contributed by atoms with E-state index in [1.54, 1.807) is 26.8 Å². The van der Waals surface area contributed by atoms with Crippen LogP contribution in [0.5, 0.6) is 28.7 Å². The normalized spacial score (nSPS) is 12.2. The first-order valence-electron chi connectivity index (χ1n) is 9.85. The van der Waals surface area contributed by atoms with Gasteiger partial charge in [-0.25, -0.2) is 0 Å². The summed E-state index contributed by atoms with van der Waals surface area (Å²) in [6.07, 6.45) is 0.361. The van der Waals surface area contributed by atoms with Crippen molar-refractivity contribution in [1.29, 1.82) is 0 Å². The topological polar surface area (TPSA) is 169 Å². The number of carbonyl (C=O) groups excluding carboxylic acids is 2. The number of benzene rings is 2. The quantitative estimate of drug-likeness (QED) is 0.298. The highest BCUT2D eigenvalue weighted by molar-refractivity contribution is 5.98. The van der Waals surface area contributed by atoms with Crippen LogP contribution in [0.25, 0.3) is 0 Å². The molecule has 2 amide bonds. The molecule has 10 nitrogen and oxygen atoms in total. The van der Waals surface area contributed by atoms with Crippen LogP contribution in [0.1, 0.15) is 36.7 Å². The molecule has 0 radical (unpaired) electrons. The third-order valence-electron chi connectivity index (χ3n) is 4.39. The molecule has 10 heteroatoms. The van der Waals surface area contributed by atoms with Crippen LogP contribution in [0.15, 0.2) is 30.3 Å². The van der Waals surface area contributed by atoms with E-state index in [4.69, 9.17) is 4.74 Å². The molecular formula is C22H28N2O8. The van der Waals surface area contributed by atoms with Crippen LogP contribution in [0, 0.1) is 0 Å². The van der Waals surface area contributed by atoms with Crippen molar-refractivity contribution in [1.82, 2.24) is 10.6 Å². The predicted octanol–water partition coefficient (Wildman–Crippen LogP) is 1.49. The molecule has 0 aromatic heterocycles. The number of phenolic OH excluding ortho intramolecular Hbond substituents is 5. The molecule has 174 valence electrons. The fourth-order valence-electron chi connectivity index (χ4n) is 2.67. The Bertz CT molecular complexity index is 961. The van der Waals surface area contributed by atoms with Gasteiger partial charge in [-0.1, -0.05) is 6.07 Å². The number of ether oxygens (including phenoxy) is 1. The summed E-state index contributed by atoms with van der Waals surface area (Å²) in [7, 11) is 0. The van der Waals surface area contributed by atoms with E-state index >= 15 is 0 Å². The summed E-state index contributed by atoms with van der Waals surface area (Å²) in [5.74, 6) is -3.93. The third kappa shape index (κ3) is 6.95. The lowest BCUT2D eigenvalue weighted by molar-refractivity contribution is -0.126. The highest BCUT2D eigenvalue weighted by atomic mass is 16.5. The average molecular weight is 448 g/mol. The van der Waals surface area contributed by atoms with Crippen LogP contribution in [0.2, 0.25) is 0 Å². The summed E-state index contributed by atoms with van der Waals surface area (Å²) in [6.45, 7) is 5.41. The van der Waals surface area contributed by atoms with E-state index in [1.807, 2.05) is 0 Å². The van der Waals surface area contributed by atoms with Crippen molar-refractivity contribution in [2.75, 3.05) is 13.2 Å². The summed E-state index contributed by atoms with van der Waals surface area (Å²) in [5.41, 5.74) is -0.0601. The molecule has 0 spiro atoms. The molecular weight excluding hydrogens is 420 g/mol. The zero-order valence-corrected chi connectivity index (χ0v) is 18.0. The number of carbonyl (C=O) groups is 2. The molecule has 1 atom stereocenters. The van der Waals surface area contributed by atoms with Gasteiger partial charge in [0.15, 0.2) is 28.7 Å². The minimum Gasteiger partial charge on any atom is -0.504 e. The second-order valence-electron chi connectivity index (χ2n) is 8.18. The Morgan fingerprint density at radius 3 is 2.12 bits per heavy atom. The van der Waals surface area contributed by atoms with E-state index in [0.717, 1.165) is 12.1 Å². The highest BCUT2D eigenvalue weighted by Gasteiger charge is 2.25. The second kappa shape index (κ2) is 10.1. The van der Waals surface area contributed by atoms with E-state index < -0.39 is 40.7 Å². The van der Waals surface area contributed by atoms with Gasteiger partial charge in [0.05, 0.1) is 12.2 Å². The van der Waals surface area contributed by atoms with Crippen LogP contribution in [0.3, 0.4) is 0 Å². The fraction of sp³-hybridized carbons (Fsp3) is 0.364. The number of phenols is 5. The Hall–Kier alpha value is -3.66. The highest BCUT2D eigenvalue weighted by Crippen LogP contribution is 2.35. The first-order chi connectivity index (χ1) is 14.9. The molecule has 0 aliphatic rings. The molecule has 0 aliphatic heterocycles. The van der Waals surface area contributed by atoms with E-state index in [1.165, 1.54) is 12.1 Å². The number of nitrogens with one attached hydrogen (secondary N) is 2. The maximum absolute atomic E-state index is 12.7. The van der Waals surface area contributed by atoms with Crippen molar-refractivity contribution in [3.05, 3.63) is 41.5 Å². The summed E-state index contributed by atoms with van der Waals surface area (Å²) < 4.78 is 5.63. The summed E-state index contributed by atoms with van der Waals surface area (Å²) in [4.78, 5) is 25.3. The third-order valence-corrected chi connectivity index (χ3v) is 4.39. The van der Waals surface area contributed by atoms with Gasteiger partial charge in [0.2, 0.25) is 5.91 Å². The smallest absolute Gasteiger partial charge is 0.252 e. The van der Waals surface area contributed by atoms with Crippen LogP contribution in [0.4, 0.5) is 0 Å². The first-order valence-corrected chi connectivity index (χ1v) is 9.85. The molecule has 0 saturated carbocycles. The number of rotatable bonds is 8. The van der Waals surface area contributed by atoms with Crippen molar-refractivity contribution in [3.8, 4) is 28.7 Å². The molecule has 7 N–H and O–H groups in total. The van der Waals surface area contributed by atoms with Crippen LogP contribution >= 0.6 is 0 Å². The van der Waals surface area contributed by atoms with E-state index in [0.29, 0.717) is 12.0 Å². The summed E-state index contributed by atoms with van der Waals surface area (Å²) in [5, 5.41) is 52.8. The lowest BCUT2D eigenvalue weighted by Gasteiger charge is -2.25. The van der Waals surface area contributed by atoms with Crippen molar-refractivity contribution in [2.24, 2.45) is 0 Å².